The van der Waals surface area contributed by atoms with Crippen molar-refractivity contribution < 1.29 is 4.79 Å². The summed E-state index contributed by atoms with van der Waals surface area (Å²) in [4.78, 5) is 25.0. The fraction of sp³-hybridized carbons (Fsp3) is 0.250. The number of aryl methyl sites for hydroxylation is 1. The number of hydrogen-bond acceptors (Lipinski definition) is 4. The number of nitrogens with one attached hydrogen (secondary N) is 2. The first-order valence-corrected chi connectivity index (χ1v) is 9.70. The summed E-state index contributed by atoms with van der Waals surface area (Å²) in [6.07, 6.45) is 0.804. The molecule has 0 radical (unpaired) electrons. The van der Waals surface area contributed by atoms with Crippen LogP contribution in [-0.2, 0) is 11.3 Å². The minimum Gasteiger partial charge on any atom is -0.325 e. The van der Waals surface area contributed by atoms with Crippen LogP contribution in [0.15, 0.2) is 64.5 Å². The summed E-state index contributed by atoms with van der Waals surface area (Å²) in [5.74, 6) is -0.159. The van der Waals surface area contributed by atoms with Gasteiger partial charge in [-0.3, -0.25) is 9.36 Å². The molecule has 1 atom stereocenters. The van der Waals surface area contributed by atoms with E-state index in [-0.39, 0.29) is 11.6 Å². The van der Waals surface area contributed by atoms with Gasteiger partial charge in [0, 0.05) is 12.2 Å². The highest BCUT2D eigenvalue weighted by Crippen LogP contribution is 2.34. The van der Waals surface area contributed by atoms with Gasteiger partial charge in [-0.15, -0.1) is 5.10 Å². The van der Waals surface area contributed by atoms with Gasteiger partial charge in [0.25, 0.3) is 0 Å². The standard InChI is InChI=1S/C20H22N4O2S/c1-3-13-24-19(26)22-23-20(24)27-17(15-7-5-4-6-8-15)18(25)21-16-11-9-14(2)10-12-16/h4-12,17H,3,13H2,1-2H3,(H,21,25)(H,22,26)/t17-/m1/s1. The maximum absolute atomic E-state index is 13.0. The molecule has 7 heteroatoms. The molecule has 0 aliphatic carbocycles. The molecule has 0 fully saturated rings. The molecule has 3 aromatic rings. The summed E-state index contributed by atoms with van der Waals surface area (Å²) >= 11 is 1.27. The molecule has 0 aliphatic heterocycles. The average molecular weight is 382 g/mol. The monoisotopic (exact) mass is 382 g/mol. The second kappa shape index (κ2) is 8.73. The molecule has 27 heavy (non-hydrogen) atoms. The van der Waals surface area contributed by atoms with Crippen molar-refractivity contribution in [2.24, 2.45) is 0 Å². The Morgan fingerprint density at radius 2 is 1.89 bits per heavy atom. The molecule has 1 heterocycles. The Hall–Kier alpha value is -2.80. The lowest BCUT2D eigenvalue weighted by Crippen LogP contribution is -2.21. The molecule has 1 aromatic heterocycles. The predicted octanol–water partition coefficient (Wildman–Crippen LogP) is 3.76. The largest absolute Gasteiger partial charge is 0.343 e. The minimum atomic E-state index is -0.529. The second-order valence-corrected chi connectivity index (χ2v) is 7.30. The molecule has 1 amide bonds. The van der Waals surface area contributed by atoms with Crippen molar-refractivity contribution in [3.63, 3.8) is 0 Å². The molecule has 0 spiro atoms. The lowest BCUT2D eigenvalue weighted by atomic mass is 10.1. The number of H-pyrrole nitrogens is 1. The molecular weight excluding hydrogens is 360 g/mol. The van der Waals surface area contributed by atoms with Crippen LogP contribution in [-0.4, -0.2) is 20.7 Å². The zero-order valence-electron chi connectivity index (χ0n) is 15.3. The van der Waals surface area contributed by atoms with Gasteiger partial charge in [-0.05, 0) is 31.0 Å². The fourth-order valence-corrected chi connectivity index (χ4v) is 3.73. The highest BCUT2D eigenvalue weighted by atomic mass is 32.2. The Labute approximate surface area is 162 Å². The number of anilines is 1. The Morgan fingerprint density at radius 3 is 2.56 bits per heavy atom. The van der Waals surface area contributed by atoms with E-state index in [1.165, 1.54) is 11.8 Å². The van der Waals surface area contributed by atoms with E-state index in [0.717, 1.165) is 23.2 Å². The number of aromatic amines is 1. The van der Waals surface area contributed by atoms with Crippen LogP contribution in [0.4, 0.5) is 5.69 Å². The van der Waals surface area contributed by atoms with E-state index in [1.807, 2.05) is 68.4 Å². The number of aromatic nitrogens is 3. The first-order chi connectivity index (χ1) is 13.1. The Balaban J connectivity index is 1.88. The van der Waals surface area contributed by atoms with Gasteiger partial charge in [0.1, 0.15) is 5.25 Å². The maximum Gasteiger partial charge on any atom is 0.343 e. The first-order valence-electron chi connectivity index (χ1n) is 8.83. The van der Waals surface area contributed by atoms with Gasteiger partial charge in [-0.2, -0.15) is 0 Å². The van der Waals surface area contributed by atoms with Gasteiger partial charge in [-0.1, -0.05) is 66.7 Å². The summed E-state index contributed by atoms with van der Waals surface area (Å²) in [7, 11) is 0. The summed E-state index contributed by atoms with van der Waals surface area (Å²) < 4.78 is 1.57. The van der Waals surface area contributed by atoms with Gasteiger partial charge in [-0.25, -0.2) is 9.89 Å². The second-order valence-electron chi connectivity index (χ2n) is 6.23. The molecule has 2 aromatic carbocycles. The smallest absolute Gasteiger partial charge is 0.325 e. The summed E-state index contributed by atoms with van der Waals surface area (Å²) in [6.45, 7) is 4.55. The van der Waals surface area contributed by atoms with Crippen molar-refractivity contribution in [3.05, 3.63) is 76.2 Å². The van der Waals surface area contributed by atoms with E-state index in [0.29, 0.717) is 11.7 Å². The normalized spacial score (nSPS) is 11.9. The highest BCUT2D eigenvalue weighted by Gasteiger charge is 2.25. The lowest BCUT2D eigenvalue weighted by Gasteiger charge is -2.17. The molecule has 6 nitrogen and oxygen atoms in total. The van der Waals surface area contributed by atoms with Crippen molar-refractivity contribution in [2.75, 3.05) is 5.32 Å². The van der Waals surface area contributed by atoms with Crippen molar-refractivity contribution in [2.45, 2.75) is 37.2 Å². The van der Waals surface area contributed by atoms with Crippen molar-refractivity contribution in [1.29, 1.82) is 0 Å². The third-order valence-electron chi connectivity index (χ3n) is 4.05. The summed E-state index contributed by atoms with van der Waals surface area (Å²) in [5.41, 5.74) is 2.46. The lowest BCUT2D eigenvalue weighted by molar-refractivity contribution is -0.115. The molecule has 0 bridgehead atoms. The molecule has 0 unspecified atom stereocenters. The molecule has 0 saturated heterocycles. The molecule has 2 N–H and O–H groups in total. The third-order valence-corrected chi connectivity index (χ3v) is 5.30. The SMILES string of the molecule is CCCn1c(S[C@@H](C(=O)Nc2ccc(C)cc2)c2ccccc2)n[nH]c1=O. The number of carbonyl (C=O) groups is 1. The van der Waals surface area contributed by atoms with Crippen LogP contribution in [0, 0.1) is 6.92 Å². The van der Waals surface area contributed by atoms with E-state index >= 15 is 0 Å². The Bertz CT molecular complexity index is 948. The van der Waals surface area contributed by atoms with E-state index in [9.17, 15) is 9.59 Å². The molecular formula is C20H22N4O2S. The summed E-state index contributed by atoms with van der Waals surface area (Å²) in [5, 5.41) is 9.53. The number of carbonyl (C=O) groups excluding carboxylic acids is 1. The topological polar surface area (TPSA) is 79.8 Å². The van der Waals surface area contributed by atoms with E-state index in [2.05, 4.69) is 15.5 Å². The van der Waals surface area contributed by atoms with E-state index < -0.39 is 5.25 Å². The number of benzene rings is 2. The fourth-order valence-electron chi connectivity index (χ4n) is 2.66. The average Bonchev–Trinajstić information content (AvgIpc) is 3.02. The zero-order valence-corrected chi connectivity index (χ0v) is 16.1. The molecule has 140 valence electrons. The van der Waals surface area contributed by atoms with Crippen molar-refractivity contribution in [3.8, 4) is 0 Å². The van der Waals surface area contributed by atoms with Gasteiger partial charge in [0.15, 0.2) is 5.16 Å². The summed E-state index contributed by atoms with van der Waals surface area (Å²) in [6, 6.07) is 17.2. The molecule has 0 aliphatic rings. The maximum atomic E-state index is 13.0. The minimum absolute atomic E-state index is 0.159. The quantitative estimate of drug-likeness (QED) is 0.610. The number of hydrogen-bond donors (Lipinski definition) is 2. The van der Waals surface area contributed by atoms with Crippen LogP contribution in [0.2, 0.25) is 0 Å². The van der Waals surface area contributed by atoms with Gasteiger partial charge in [0.05, 0.1) is 0 Å². The van der Waals surface area contributed by atoms with Crippen LogP contribution in [0.5, 0.6) is 0 Å². The Morgan fingerprint density at radius 1 is 1.19 bits per heavy atom. The van der Waals surface area contributed by atoms with Crippen LogP contribution in [0.1, 0.15) is 29.7 Å². The Kier molecular flexibility index (Phi) is 6.13. The van der Waals surface area contributed by atoms with E-state index in [1.54, 1.807) is 4.57 Å². The molecule has 3 rings (SSSR count). The predicted molar refractivity (Wildman–Crippen MR) is 108 cm³/mol. The highest BCUT2D eigenvalue weighted by molar-refractivity contribution is 8.00. The van der Waals surface area contributed by atoms with Crippen molar-refractivity contribution in [1.82, 2.24) is 14.8 Å². The van der Waals surface area contributed by atoms with Crippen LogP contribution >= 0.6 is 11.8 Å². The van der Waals surface area contributed by atoms with Crippen LogP contribution in [0.25, 0.3) is 0 Å². The number of nitrogens with zero attached hydrogens (tertiary/aromatic N) is 2. The molecule has 0 saturated carbocycles. The third kappa shape index (κ3) is 4.68. The van der Waals surface area contributed by atoms with Gasteiger partial charge in [0.2, 0.25) is 5.91 Å². The van der Waals surface area contributed by atoms with Crippen molar-refractivity contribution >= 4 is 23.4 Å². The zero-order chi connectivity index (χ0) is 19.2. The number of rotatable bonds is 7. The van der Waals surface area contributed by atoms with Gasteiger partial charge < -0.3 is 5.32 Å². The number of thioether (sulfide) groups is 1. The van der Waals surface area contributed by atoms with E-state index in [4.69, 9.17) is 0 Å². The van der Waals surface area contributed by atoms with Crippen LogP contribution < -0.4 is 11.0 Å². The number of amides is 1. The van der Waals surface area contributed by atoms with Crippen LogP contribution in [0.3, 0.4) is 0 Å². The first kappa shape index (κ1) is 19.0. The van der Waals surface area contributed by atoms with Gasteiger partial charge >= 0.3 is 5.69 Å².